The van der Waals surface area contributed by atoms with E-state index in [0.29, 0.717) is 23.6 Å². The number of unbranched alkanes of at least 4 members (excludes halogenated alkanes) is 1. The van der Waals surface area contributed by atoms with E-state index in [1.807, 2.05) is 25.1 Å². The molecule has 1 rings (SSSR count). The number of hydrogen-bond donors (Lipinski definition) is 2. The van der Waals surface area contributed by atoms with Gasteiger partial charge < -0.3 is 15.3 Å². The summed E-state index contributed by atoms with van der Waals surface area (Å²) >= 11 is 0. The quantitative estimate of drug-likeness (QED) is 0.351. The van der Waals surface area contributed by atoms with Gasteiger partial charge in [-0.3, -0.25) is 4.79 Å². The number of rotatable bonds is 7. The summed E-state index contributed by atoms with van der Waals surface area (Å²) in [6, 6.07) is 5.56. The van der Waals surface area contributed by atoms with Crippen molar-refractivity contribution in [1.82, 2.24) is 5.32 Å². The van der Waals surface area contributed by atoms with Crippen LogP contribution in [0, 0.1) is 6.92 Å². The van der Waals surface area contributed by atoms with Crippen molar-refractivity contribution in [2.75, 3.05) is 6.54 Å². The first-order valence-corrected chi connectivity index (χ1v) is 7.23. The minimum Gasteiger partial charge on any atom is -0.480 e. The number of carbonyl (C=O) groups is 1. The molecule has 0 aliphatic carbocycles. The van der Waals surface area contributed by atoms with Gasteiger partial charge in [0.25, 0.3) is 5.91 Å². The number of nitrogens with zero attached hydrogens (tertiary/aromatic N) is 1. The number of hydrogen-bond acceptors (Lipinski definition) is 4. The second kappa shape index (κ2) is 8.29. The summed E-state index contributed by atoms with van der Waals surface area (Å²) in [5.74, 6) is 0.401. The maximum absolute atomic E-state index is 11.9. The second-order valence-electron chi connectivity index (χ2n) is 5.09. The highest BCUT2D eigenvalue weighted by Crippen LogP contribution is 2.22. The molecule has 0 aliphatic heterocycles. The molecule has 0 saturated heterocycles. The van der Waals surface area contributed by atoms with Gasteiger partial charge in [-0.05, 0) is 44.9 Å². The van der Waals surface area contributed by atoms with E-state index >= 15 is 0 Å². The largest absolute Gasteiger partial charge is 0.480 e. The molecule has 116 valence electrons. The molecule has 0 saturated carbocycles. The van der Waals surface area contributed by atoms with Gasteiger partial charge in [0.2, 0.25) is 0 Å². The van der Waals surface area contributed by atoms with Crippen LogP contribution in [-0.2, 0) is 4.79 Å². The maximum Gasteiger partial charge on any atom is 0.260 e. The van der Waals surface area contributed by atoms with E-state index in [-0.39, 0.29) is 5.91 Å². The molecule has 1 aromatic rings. The molecule has 5 heteroatoms. The molecular formula is C16H24N2O3. The van der Waals surface area contributed by atoms with Gasteiger partial charge >= 0.3 is 0 Å². The number of amides is 1. The SMILES string of the molecule is CCCCNC(=O)C(C)Oc1cc(C)ccc1C(C)=NO. The van der Waals surface area contributed by atoms with E-state index in [1.165, 1.54) is 0 Å². The molecule has 21 heavy (non-hydrogen) atoms. The van der Waals surface area contributed by atoms with E-state index in [1.54, 1.807) is 13.8 Å². The number of ether oxygens (including phenoxy) is 1. The van der Waals surface area contributed by atoms with Gasteiger partial charge in [-0.2, -0.15) is 0 Å². The van der Waals surface area contributed by atoms with Crippen molar-refractivity contribution in [3.8, 4) is 5.75 Å². The zero-order chi connectivity index (χ0) is 15.8. The summed E-state index contributed by atoms with van der Waals surface area (Å²) < 4.78 is 5.74. The summed E-state index contributed by atoms with van der Waals surface area (Å²) in [5, 5.41) is 15.0. The van der Waals surface area contributed by atoms with Gasteiger partial charge in [-0.1, -0.05) is 24.6 Å². The molecule has 0 bridgehead atoms. The Morgan fingerprint density at radius 1 is 1.48 bits per heavy atom. The molecule has 0 spiro atoms. The zero-order valence-electron chi connectivity index (χ0n) is 13.1. The van der Waals surface area contributed by atoms with Crippen LogP contribution < -0.4 is 10.1 Å². The summed E-state index contributed by atoms with van der Waals surface area (Å²) in [7, 11) is 0. The van der Waals surface area contributed by atoms with E-state index in [4.69, 9.17) is 9.94 Å². The molecule has 0 radical (unpaired) electrons. The fraction of sp³-hybridized carbons (Fsp3) is 0.500. The van der Waals surface area contributed by atoms with Crippen molar-refractivity contribution in [1.29, 1.82) is 0 Å². The van der Waals surface area contributed by atoms with Crippen molar-refractivity contribution >= 4 is 11.6 Å². The molecule has 5 nitrogen and oxygen atoms in total. The maximum atomic E-state index is 11.9. The Hall–Kier alpha value is -2.04. The van der Waals surface area contributed by atoms with Crippen molar-refractivity contribution in [2.45, 2.75) is 46.6 Å². The molecular weight excluding hydrogens is 268 g/mol. The Morgan fingerprint density at radius 2 is 2.19 bits per heavy atom. The van der Waals surface area contributed by atoms with Crippen molar-refractivity contribution in [2.24, 2.45) is 5.16 Å². The average Bonchev–Trinajstić information content (AvgIpc) is 2.46. The molecule has 1 amide bonds. The molecule has 0 aliphatic rings. The Kier molecular flexibility index (Phi) is 6.72. The van der Waals surface area contributed by atoms with Gasteiger partial charge in [0.05, 0.1) is 5.71 Å². The Labute approximate surface area is 126 Å². The fourth-order valence-corrected chi connectivity index (χ4v) is 1.86. The highest BCUT2D eigenvalue weighted by atomic mass is 16.5. The van der Waals surface area contributed by atoms with Crippen LogP contribution in [0.4, 0.5) is 0 Å². The van der Waals surface area contributed by atoms with Crippen LogP contribution in [0.15, 0.2) is 23.4 Å². The Balaban J connectivity index is 2.81. The highest BCUT2D eigenvalue weighted by Gasteiger charge is 2.17. The minimum absolute atomic E-state index is 0.144. The molecule has 1 aromatic carbocycles. The Bertz CT molecular complexity index is 512. The first kappa shape index (κ1) is 17.0. The third kappa shape index (κ3) is 5.10. The number of nitrogens with one attached hydrogen (secondary N) is 1. The van der Waals surface area contributed by atoms with Gasteiger partial charge in [-0.25, -0.2) is 0 Å². The standard InChI is InChI=1S/C16H24N2O3/c1-5-6-9-17-16(19)13(4)21-15-10-11(2)7-8-14(15)12(3)18-20/h7-8,10,13,20H,5-6,9H2,1-4H3,(H,17,19). The van der Waals surface area contributed by atoms with E-state index in [9.17, 15) is 4.79 Å². The summed E-state index contributed by atoms with van der Waals surface area (Å²) in [4.78, 5) is 11.9. The normalized spacial score (nSPS) is 12.9. The second-order valence-corrected chi connectivity index (χ2v) is 5.09. The fourth-order valence-electron chi connectivity index (χ4n) is 1.86. The number of aryl methyl sites for hydroxylation is 1. The summed E-state index contributed by atoms with van der Waals surface area (Å²) in [6.07, 6.45) is 1.38. The van der Waals surface area contributed by atoms with Crippen LogP contribution >= 0.6 is 0 Å². The first-order valence-electron chi connectivity index (χ1n) is 7.23. The van der Waals surface area contributed by atoms with Gasteiger partial charge in [-0.15, -0.1) is 0 Å². The summed E-state index contributed by atoms with van der Waals surface area (Å²) in [5.41, 5.74) is 2.14. The number of benzene rings is 1. The molecule has 1 unspecified atom stereocenters. The van der Waals surface area contributed by atoms with E-state index in [2.05, 4.69) is 17.4 Å². The lowest BCUT2D eigenvalue weighted by Crippen LogP contribution is -2.37. The van der Waals surface area contributed by atoms with Crippen LogP contribution in [0.5, 0.6) is 5.75 Å². The van der Waals surface area contributed by atoms with E-state index < -0.39 is 6.10 Å². The average molecular weight is 292 g/mol. The third-order valence-electron chi connectivity index (χ3n) is 3.18. The van der Waals surface area contributed by atoms with Crippen molar-refractivity contribution in [3.63, 3.8) is 0 Å². The van der Waals surface area contributed by atoms with E-state index in [0.717, 1.165) is 18.4 Å². The predicted molar refractivity (Wildman–Crippen MR) is 83.2 cm³/mol. The lowest BCUT2D eigenvalue weighted by Gasteiger charge is -2.17. The van der Waals surface area contributed by atoms with Crippen LogP contribution in [0.25, 0.3) is 0 Å². The molecule has 1 atom stereocenters. The van der Waals surface area contributed by atoms with Crippen molar-refractivity contribution < 1.29 is 14.7 Å². The monoisotopic (exact) mass is 292 g/mol. The van der Waals surface area contributed by atoms with Crippen LogP contribution in [-0.4, -0.2) is 29.5 Å². The molecule has 2 N–H and O–H groups in total. The molecule has 0 aromatic heterocycles. The lowest BCUT2D eigenvalue weighted by molar-refractivity contribution is -0.127. The number of oxime groups is 1. The van der Waals surface area contributed by atoms with Gasteiger partial charge in [0.15, 0.2) is 6.10 Å². The van der Waals surface area contributed by atoms with Crippen LogP contribution in [0.2, 0.25) is 0 Å². The summed E-state index contributed by atoms with van der Waals surface area (Å²) in [6.45, 7) is 8.05. The number of carbonyl (C=O) groups excluding carboxylic acids is 1. The smallest absolute Gasteiger partial charge is 0.260 e. The van der Waals surface area contributed by atoms with Crippen molar-refractivity contribution in [3.05, 3.63) is 29.3 Å². The third-order valence-corrected chi connectivity index (χ3v) is 3.18. The van der Waals surface area contributed by atoms with Crippen LogP contribution in [0.3, 0.4) is 0 Å². The molecule has 0 heterocycles. The lowest BCUT2D eigenvalue weighted by atomic mass is 10.1. The zero-order valence-corrected chi connectivity index (χ0v) is 13.1. The molecule has 0 fully saturated rings. The van der Waals surface area contributed by atoms with Gasteiger partial charge in [0, 0.05) is 12.1 Å². The minimum atomic E-state index is -0.603. The Morgan fingerprint density at radius 3 is 2.81 bits per heavy atom. The highest BCUT2D eigenvalue weighted by molar-refractivity contribution is 6.00. The van der Waals surface area contributed by atoms with Crippen LogP contribution in [0.1, 0.15) is 44.7 Å². The topological polar surface area (TPSA) is 70.9 Å². The van der Waals surface area contributed by atoms with Gasteiger partial charge in [0.1, 0.15) is 5.75 Å². The predicted octanol–water partition coefficient (Wildman–Crippen LogP) is 2.88. The first-order chi connectivity index (χ1) is 9.99.